The summed E-state index contributed by atoms with van der Waals surface area (Å²) in [4.78, 5) is 4.77. The number of aliphatic hydroxyl groups is 1. The highest BCUT2D eigenvalue weighted by atomic mass is 16.3. The standard InChI is InChI=1S/C17H27N3O/c1-2-20(11-12-21)16-5-3-15(4-6-16)18-17-13-19-9-7-14(17)8-10-19/h3-6,14,17-18,21H,2,7-13H2,1H3. The van der Waals surface area contributed by atoms with Crippen LogP contribution in [0.3, 0.4) is 0 Å². The van der Waals surface area contributed by atoms with Crippen LogP contribution >= 0.6 is 0 Å². The average molecular weight is 289 g/mol. The van der Waals surface area contributed by atoms with Crippen molar-refractivity contribution in [2.75, 3.05) is 49.5 Å². The van der Waals surface area contributed by atoms with Crippen molar-refractivity contribution >= 4 is 11.4 Å². The fraction of sp³-hybridized carbons (Fsp3) is 0.647. The number of fused-ring (bicyclic) bond motifs is 3. The van der Waals surface area contributed by atoms with Crippen LogP contribution in [-0.4, -0.2) is 55.4 Å². The molecule has 3 fully saturated rings. The zero-order valence-corrected chi connectivity index (χ0v) is 13.0. The van der Waals surface area contributed by atoms with Crippen molar-refractivity contribution in [3.8, 4) is 0 Å². The van der Waals surface area contributed by atoms with Gasteiger partial charge in [0, 0.05) is 37.1 Å². The van der Waals surface area contributed by atoms with E-state index in [4.69, 9.17) is 5.11 Å². The third-order valence-electron chi connectivity index (χ3n) is 4.99. The van der Waals surface area contributed by atoms with E-state index in [9.17, 15) is 0 Å². The van der Waals surface area contributed by atoms with Gasteiger partial charge in [-0.15, -0.1) is 0 Å². The summed E-state index contributed by atoms with van der Waals surface area (Å²) in [6.07, 6.45) is 2.69. The molecule has 116 valence electrons. The Balaban J connectivity index is 1.62. The van der Waals surface area contributed by atoms with E-state index in [1.165, 1.54) is 43.9 Å². The van der Waals surface area contributed by atoms with Crippen molar-refractivity contribution in [2.24, 2.45) is 5.92 Å². The van der Waals surface area contributed by atoms with Crippen LogP contribution in [-0.2, 0) is 0 Å². The second-order valence-corrected chi connectivity index (χ2v) is 6.24. The summed E-state index contributed by atoms with van der Waals surface area (Å²) in [5.74, 6) is 0.844. The molecule has 1 aromatic rings. The summed E-state index contributed by atoms with van der Waals surface area (Å²) in [7, 11) is 0. The van der Waals surface area contributed by atoms with Gasteiger partial charge < -0.3 is 20.2 Å². The topological polar surface area (TPSA) is 38.7 Å². The van der Waals surface area contributed by atoms with Gasteiger partial charge in [-0.05, 0) is 63.0 Å². The van der Waals surface area contributed by atoms with E-state index in [0.29, 0.717) is 12.6 Å². The van der Waals surface area contributed by atoms with Crippen molar-refractivity contribution in [2.45, 2.75) is 25.8 Å². The number of anilines is 2. The minimum atomic E-state index is 0.202. The van der Waals surface area contributed by atoms with Gasteiger partial charge in [-0.1, -0.05) is 0 Å². The highest BCUT2D eigenvalue weighted by Crippen LogP contribution is 2.30. The van der Waals surface area contributed by atoms with Gasteiger partial charge in [0.05, 0.1) is 6.61 Å². The number of hydrogen-bond donors (Lipinski definition) is 2. The lowest BCUT2D eigenvalue weighted by atomic mass is 9.84. The van der Waals surface area contributed by atoms with E-state index in [2.05, 4.69) is 46.3 Å². The second kappa shape index (κ2) is 6.67. The van der Waals surface area contributed by atoms with Crippen molar-refractivity contribution in [3.05, 3.63) is 24.3 Å². The lowest BCUT2D eigenvalue weighted by Gasteiger charge is -2.45. The van der Waals surface area contributed by atoms with Crippen LogP contribution in [0, 0.1) is 5.92 Å². The first-order valence-corrected chi connectivity index (χ1v) is 8.25. The molecule has 4 heteroatoms. The number of likely N-dealkylation sites (N-methyl/N-ethyl adjacent to an activating group) is 1. The van der Waals surface area contributed by atoms with Gasteiger partial charge in [-0.25, -0.2) is 0 Å². The van der Waals surface area contributed by atoms with Crippen LogP contribution in [0.15, 0.2) is 24.3 Å². The maximum atomic E-state index is 9.10. The summed E-state index contributed by atoms with van der Waals surface area (Å²) in [5.41, 5.74) is 2.41. The molecule has 3 aliphatic rings. The molecule has 0 aromatic heterocycles. The zero-order chi connectivity index (χ0) is 14.7. The largest absolute Gasteiger partial charge is 0.395 e. The monoisotopic (exact) mass is 289 g/mol. The summed E-state index contributed by atoms with van der Waals surface area (Å²) in [5, 5.41) is 12.8. The Morgan fingerprint density at radius 3 is 2.48 bits per heavy atom. The average Bonchev–Trinajstić information content (AvgIpc) is 2.55. The van der Waals surface area contributed by atoms with Gasteiger partial charge in [0.15, 0.2) is 0 Å². The molecule has 4 nitrogen and oxygen atoms in total. The number of nitrogens with zero attached hydrogens (tertiary/aromatic N) is 2. The summed E-state index contributed by atoms with van der Waals surface area (Å²) >= 11 is 0. The van der Waals surface area contributed by atoms with Crippen molar-refractivity contribution in [3.63, 3.8) is 0 Å². The molecule has 3 aliphatic heterocycles. The minimum Gasteiger partial charge on any atom is -0.395 e. The number of piperidine rings is 3. The molecule has 2 bridgehead atoms. The first kappa shape index (κ1) is 14.7. The summed E-state index contributed by atoms with van der Waals surface area (Å²) in [6.45, 7) is 7.71. The molecule has 1 atom stereocenters. The highest BCUT2D eigenvalue weighted by Gasteiger charge is 2.33. The number of hydrogen-bond acceptors (Lipinski definition) is 4. The first-order chi connectivity index (χ1) is 10.3. The summed E-state index contributed by atoms with van der Waals surface area (Å²) in [6, 6.07) is 9.27. The SMILES string of the molecule is CCN(CCO)c1ccc(NC2CN3CCC2CC3)cc1. The number of rotatable bonds is 6. The number of aliphatic hydroxyl groups excluding tert-OH is 1. The third-order valence-corrected chi connectivity index (χ3v) is 4.99. The molecule has 1 aromatic carbocycles. The molecule has 2 N–H and O–H groups in total. The lowest BCUT2D eigenvalue weighted by molar-refractivity contribution is 0.0975. The molecule has 0 amide bonds. The van der Waals surface area contributed by atoms with E-state index < -0.39 is 0 Å². The maximum absolute atomic E-state index is 9.10. The zero-order valence-electron chi connectivity index (χ0n) is 13.0. The fourth-order valence-electron chi connectivity index (χ4n) is 3.70. The predicted octanol–water partition coefficient (Wildman–Crippen LogP) is 2.01. The van der Waals surface area contributed by atoms with Crippen molar-refractivity contribution in [1.82, 2.24) is 4.90 Å². The minimum absolute atomic E-state index is 0.202. The predicted molar refractivity (Wildman–Crippen MR) is 88.0 cm³/mol. The molecule has 3 saturated heterocycles. The Labute approximate surface area is 127 Å². The van der Waals surface area contributed by atoms with Gasteiger partial charge in [0.1, 0.15) is 0 Å². The van der Waals surface area contributed by atoms with Crippen LogP contribution < -0.4 is 10.2 Å². The molecule has 3 heterocycles. The maximum Gasteiger partial charge on any atom is 0.0606 e. The van der Waals surface area contributed by atoms with Crippen LogP contribution in [0.2, 0.25) is 0 Å². The molecule has 0 saturated carbocycles. The Morgan fingerprint density at radius 2 is 1.95 bits per heavy atom. The van der Waals surface area contributed by atoms with Crippen molar-refractivity contribution < 1.29 is 5.11 Å². The Hall–Kier alpha value is -1.26. The van der Waals surface area contributed by atoms with Gasteiger partial charge in [-0.2, -0.15) is 0 Å². The molecular weight excluding hydrogens is 262 g/mol. The lowest BCUT2D eigenvalue weighted by Crippen LogP contribution is -2.53. The molecular formula is C17H27N3O. The quantitative estimate of drug-likeness (QED) is 0.840. The van der Waals surface area contributed by atoms with Gasteiger partial charge in [0.2, 0.25) is 0 Å². The first-order valence-electron chi connectivity index (χ1n) is 8.25. The van der Waals surface area contributed by atoms with Crippen LogP contribution in [0.4, 0.5) is 11.4 Å². The van der Waals surface area contributed by atoms with Gasteiger partial charge in [-0.3, -0.25) is 0 Å². The Bertz CT molecular complexity index is 440. The molecule has 4 rings (SSSR count). The van der Waals surface area contributed by atoms with Gasteiger partial charge in [0.25, 0.3) is 0 Å². The molecule has 0 aliphatic carbocycles. The number of nitrogens with one attached hydrogen (secondary N) is 1. The van der Waals surface area contributed by atoms with Crippen LogP contribution in [0.25, 0.3) is 0 Å². The number of benzene rings is 1. The molecule has 0 spiro atoms. The van der Waals surface area contributed by atoms with E-state index in [1.807, 2.05) is 0 Å². The van der Waals surface area contributed by atoms with Gasteiger partial charge >= 0.3 is 0 Å². The molecule has 0 radical (unpaired) electrons. The van der Waals surface area contributed by atoms with E-state index in [0.717, 1.165) is 12.5 Å². The molecule has 21 heavy (non-hydrogen) atoms. The third kappa shape index (κ3) is 3.33. The fourth-order valence-corrected chi connectivity index (χ4v) is 3.70. The Kier molecular flexibility index (Phi) is 4.66. The van der Waals surface area contributed by atoms with Crippen LogP contribution in [0.1, 0.15) is 19.8 Å². The summed E-state index contributed by atoms with van der Waals surface area (Å²) < 4.78 is 0. The smallest absolute Gasteiger partial charge is 0.0606 e. The Morgan fingerprint density at radius 1 is 1.24 bits per heavy atom. The van der Waals surface area contributed by atoms with E-state index in [1.54, 1.807) is 0 Å². The van der Waals surface area contributed by atoms with E-state index in [-0.39, 0.29) is 6.61 Å². The second-order valence-electron chi connectivity index (χ2n) is 6.24. The van der Waals surface area contributed by atoms with E-state index >= 15 is 0 Å². The normalized spacial score (nSPS) is 27.6. The van der Waals surface area contributed by atoms with Crippen LogP contribution in [0.5, 0.6) is 0 Å². The molecule has 1 unspecified atom stereocenters. The highest BCUT2D eigenvalue weighted by molar-refractivity contribution is 5.55. The van der Waals surface area contributed by atoms with Crippen molar-refractivity contribution in [1.29, 1.82) is 0 Å².